The molecule has 0 aliphatic carbocycles. The number of H-pyrrole nitrogens is 1. The van der Waals surface area contributed by atoms with Crippen molar-refractivity contribution in [2.45, 2.75) is 0 Å². The third kappa shape index (κ3) is 2.41. The lowest BCUT2D eigenvalue weighted by molar-refractivity contribution is 0.415. The third-order valence-corrected chi connectivity index (χ3v) is 3.99. The summed E-state index contributed by atoms with van der Waals surface area (Å²) >= 11 is 17.2. The smallest absolute Gasteiger partial charge is 0.182 e. The highest BCUT2D eigenvalue weighted by Crippen LogP contribution is 2.30. The number of fused-ring (bicyclic) bond motifs is 1. The normalized spacial score (nSPS) is 11.0. The Kier molecular flexibility index (Phi) is 3.65. The average Bonchev–Trinajstić information content (AvgIpc) is 2.74. The van der Waals surface area contributed by atoms with Gasteiger partial charge < -0.3 is 9.72 Å². The highest BCUT2D eigenvalue weighted by Gasteiger charge is 2.12. The molecule has 0 saturated carbocycles. The molecule has 7 heteroatoms. The Morgan fingerprint density at radius 1 is 1.19 bits per heavy atom. The molecular weight excluding hydrogens is 334 g/mol. The van der Waals surface area contributed by atoms with Crippen LogP contribution in [0.4, 0.5) is 4.39 Å². The second-order valence-electron chi connectivity index (χ2n) is 4.37. The van der Waals surface area contributed by atoms with Gasteiger partial charge in [-0.2, -0.15) is 0 Å². The van der Waals surface area contributed by atoms with E-state index in [1.807, 2.05) is 0 Å². The van der Waals surface area contributed by atoms with Crippen molar-refractivity contribution in [3.8, 4) is 11.4 Å². The Morgan fingerprint density at radius 3 is 2.62 bits per heavy atom. The van der Waals surface area contributed by atoms with Crippen LogP contribution in [0.2, 0.25) is 10.0 Å². The zero-order valence-corrected chi connectivity index (χ0v) is 13.1. The van der Waals surface area contributed by atoms with Gasteiger partial charge in [0.05, 0.1) is 33.9 Å². The van der Waals surface area contributed by atoms with Crippen LogP contribution in [0.25, 0.3) is 16.7 Å². The fourth-order valence-electron chi connectivity index (χ4n) is 2.15. The van der Waals surface area contributed by atoms with Crippen molar-refractivity contribution in [2.24, 2.45) is 0 Å². The Morgan fingerprint density at radius 2 is 1.95 bits per heavy atom. The Bertz CT molecular complexity index is 904. The van der Waals surface area contributed by atoms with E-state index in [0.717, 1.165) is 0 Å². The van der Waals surface area contributed by atoms with Crippen LogP contribution in [0.3, 0.4) is 0 Å². The first-order valence-electron chi connectivity index (χ1n) is 5.95. The van der Waals surface area contributed by atoms with Crippen molar-refractivity contribution in [1.29, 1.82) is 0 Å². The molecule has 0 spiro atoms. The molecule has 108 valence electrons. The standard InChI is InChI=1S/C14H9Cl2FN2OS/c1-20-13-3-2-7(4-9(13)16)19-12-6-10(17)8(15)5-11(12)18-14(19)21/h2-6H,1H3,(H,18,21). The quantitative estimate of drug-likeness (QED) is 0.653. The molecule has 0 fully saturated rings. The summed E-state index contributed by atoms with van der Waals surface area (Å²) in [6.07, 6.45) is 0. The summed E-state index contributed by atoms with van der Waals surface area (Å²) in [5.41, 5.74) is 1.94. The summed E-state index contributed by atoms with van der Waals surface area (Å²) in [5, 5.41) is 0.486. The number of halogens is 3. The molecular formula is C14H9Cl2FN2OS. The molecule has 3 nitrogen and oxygen atoms in total. The predicted octanol–water partition coefficient (Wildman–Crippen LogP) is 5.14. The number of benzene rings is 2. The van der Waals surface area contributed by atoms with E-state index >= 15 is 0 Å². The van der Waals surface area contributed by atoms with Gasteiger partial charge in [0, 0.05) is 6.07 Å². The lowest BCUT2D eigenvalue weighted by Crippen LogP contribution is -1.95. The monoisotopic (exact) mass is 342 g/mol. The molecule has 0 radical (unpaired) electrons. The minimum atomic E-state index is -0.508. The zero-order chi connectivity index (χ0) is 15.1. The van der Waals surface area contributed by atoms with Crippen molar-refractivity contribution in [3.63, 3.8) is 0 Å². The minimum absolute atomic E-state index is 0.0404. The molecule has 1 N–H and O–H groups in total. The minimum Gasteiger partial charge on any atom is -0.495 e. The molecule has 0 unspecified atom stereocenters. The highest BCUT2D eigenvalue weighted by molar-refractivity contribution is 7.71. The van der Waals surface area contributed by atoms with Crippen molar-refractivity contribution in [2.75, 3.05) is 7.11 Å². The second-order valence-corrected chi connectivity index (χ2v) is 5.57. The van der Waals surface area contributed by atoms with E-state index in [2.05, 4.69) is 4.98 Å². The van der Waals surface area contributed by atoms with Gasteiger partial charge in [0.25, 0.3) is 0 Å². The predicted molar refractivity (Wildman–Crippen MR) is 85.0 cm³/mol. The topological polar surface area (TPSA) is 29.9 Å². The number of hydrogen-bond donors (Lipinski definition) is 1. The molecule has 2 aromatic carbocycles. The number of aromatic amines is 1. The van der Waals surface area contributed by atoms with Gasteiger partial charge >= 0.3 is 0 Å². The number of nitrogens with one attached hydrogen (secondary N) is 1. The number of nitrogens with zero attached hydrogens (tertiary/aromatic N) is 1. The van der Waals surface area contributed by atoms with Crippen molar-refractivity contribution < 1.29 is 9.13 Å². The number of imidazole rings is 1. The summed E-state index contributed by atoms with van der Waals surface area (Å²) < 4.78 is 20.9. The summed E-state index contributed by atoms with van der Waals surface area (Å²) in [6.45, 7) is 0. The fourth-order valence-corrected chi connectivity index (χ4v) is 2.88. The van der Waals surface area contributed by atoms with Crippen LogP contribution in [0.15, 0.2) is 30.3 Å². The molecule has 1 aromatic heterocycles. The summed E-state index contributed by atoms with van der Waals surface area (Å²) in [4.78, 5) is 2.99. The molecule has 21 heavy (non-hydrogen) atoms. The summed E-state index contributed by atoms with van der Waals surface area (Å²) in [6, 6.07) is 8.06. The number of methoxy groups -OCH3 is 1. The first-order valence-corrected chi connectivity index (χ1v) is 7.11. The first-order chi connectivity index (χ1) is 10.0. The van der Waals surface area contributed by atoms with Crippen LogP contribution in [-0.4, -0.2) is 16.7 Å². The first kappa shape index (κ1) is 14.4. The van der Waals surface area contributed by atoms with Crippen LogP contribution in [-0.2, 0) is 0 Å². The van der Waals surface area contributed by atoms with E-state index in [1.165, 1.54) is 19.2 Å². The van der Waals surface area contributed by atoms with Crippen molar-refractivity contribution >= 4 is 46.5 Å². The van der Waals surface area contributed by atoms with Gasteiger partial charge in [-0.1, -0.05) is 23.2 Å². The maximum Gasteiger partial charge on any atom is 0.182 e. The van der Waals surface area contributed by atoms with E-state index < -0.39 is 5.82 Å². The Labute approximate surface area is 134 Å². The number of hydrogen-bond acceptors (Lipinski definition) is 2. The number of ether oxygens (including phenoxy) is 1. The largest absolute Gasteiger partial charge is 0.495 e. The van der Waals surface area contributed by atoms with Gasteiger partial charge in [-0.25, -0.2) is 4.39 Å². The summed E-state index contributed by atoms with van der Waals surface area (Å²) in [7, 11) is 1.54. The van der Waals surface area contributed by atoms with Crippen LogP contribution < -0.4 is 4.74 Å². The van der Waals surface area contributed by atoms with Crippen LogP contribution in [0.5, 0.6) is 5.75 Å². The van der Waals surface area contributed by atoms with Gasteiger partial charge in [0.1, 0.15) is 11.6 Å². The lowest BCUT2D eigenvalue weighted by Gasteiger charge is -2.08. The van der Waals surface area contributed by atoms with Gasteiger partial charge in [-0.15, -0.1) is 0 Å². The molecule has 0 saturated heterocycles. The Balaban J connectivity index is 2.29. The van der Waals surface area contributed by atoms with E-state index in [9.17, 15) is 4.39 Å². The van der Waals surface area contributed by atoms with E-state index in [4.69, 9.17) is 40.2 Å². The van der Waals surface area contributed by atoms with Crippen molar-refractivity contribution in [3.05, 3.63) is 51.0 Å². The molecule has 0 atom stereocenters. The van der Waals surface area contributed by atoms with Gasteiger partial charge in [-0.3, -0.25) is 4.57 Å². The fraction of sp³-hybridized carbons (Fsp3) is 0.0714. The van der Waals surface area contributed by atoms with Gasteiger partial charge in [0.2, 0.25) is 0 Å². The molecule has 0 bridgehead atoms. The van der Waals surface area contributed by atoms with Crippen LogP contribution >= 0.6 is 35.4 Å². The van der Waals surface area contributed by atoms with Gasteiger partial charge in [-0.05, 0) is 36.5 Å². The van der Waals surface area contributed by atoms with Crippen molar-refractivity contribution in [1.82, 2.24) is 9.55 Å². The SMILES string of the molecule is COc1ccc(-n2c(=S)[nH]c3cc(Cl)c(F)cc32)cc1Cl. The molecule has 0 aliphatic heterocycles. The summed E-state index contributed by atoms with van der Waals surface area (Å²) in [5.74, 6) is 0.0486. The van der Waals surface area contributed by atoms with E-state index in [1.54, 1.807) is 22.8 Å². The number of aromatic nitrogens is 2. The average molecular weight is 343 g/mol. The zero-order valence-electron chi connectivity index (χ0n) is 10.8. The number of rotatable bonds is 2. The lowest BCUT2D eigenvalue weighted by atomic mass is 10.2. The highest BCUT2D eigenvalue weighted by atomic mass is 35.5. The van der Waals surface area contributed by atoms with E-state index in [-0.39, 0.29) is 5.02 Å². The maximum absolute atomic E-state index is 13.7. The maximum atomic E-state index is 13.7. The molecule has 3 rings (SSSR count). The molecule has 1 heterocycles. The molecule has 0 amide bonds. The molecule has 3 aromatic rings. The van der Waals surface area contributed by atoms with E-state index in [0.29, 0.717) is 32.3 Å². The van der Waals surface area contributed by atoms with Crippen LogP contribution in [0, 0.1) is 10.6 Å². The van der Waals surface area contributed by atoms with Gasteiger partial charge in [0.15, 0.2) is 4.77 Å². The third-order valence-electron chi connectivity index (χ3n) is 3.12. The Hall–Kier alpha value is -1.56. The molecule has 0 aliphatic rings. The van der Waals surface area contributed by atoms with Crippen LogP contribution in [0.1, 0.15) is 0 Å². The second kappa shape index (κ2) is 5.33.